The Morgan fingerprint density at radius 1 is 1.15 bits per heavy atom. The summed E-state index contributed by atoms with van der Waals surface area (Å²) in [5.74, 6) is -0.856. The van der Waals surface area contributed by atoms with Crippen LogP contribution in [0.4, 0.5) is 4.79 Å². The van der Waals surface area contributed by atoms with Gasteiger partial charge >= 0.3 is 6.09 Å². The van der Waals surface area contributed by atoms with Crippen LogP contribution in [-0.4, -0.2) is 47.5 Å². The quantitative estimate of drug-likeness (QED) is 0.532. The zero-order valence-electron chi connectivity index (χ0n) is 21.4. The molecule has 184 valence electrons. The maximum absolute atomic E-state index is 13.5. The molecule has 3 amide bonds. The summed E-state index contributed by atoms with van der Waals surface area (Å²) in [5.41, 5.74) is 0.827. The number of likely N-dealkylation sites (N-methyl/N-ethyl adjacent to an activating group) is 1. The maximum atomic E-state index is 13.5. The van der Waals surface area contributed by atoms with Crippen LogP contribution in [-0.2, 0) is 14.3 Å². The summed E-state index contributed by atoms with van der Waals surface area (Å²) in [6.45, 7) is 16.8. The van der Waals surface area contributed by atoms with Crippen LogP contribution in [0.1, 0.15) is 78.5 Å². The van der Waals surface area contributed by atoms with Gasteiger partial charge in [-0.25, -0.2) is 4.79 Å². The first-order valence-corrected chi connectivity index (χ1v) is 11.6. The lowest BCUT2D eigenvalue weighted by atomic mass is 9.98. The van der Waals surface area contributed by atoms with Gasteiger partial charge in [0.2, 0.25) is 11.8 Å². The molecule has 3 atom stereocenters. The highest BCUT2D eigenvalue weighted by Gasteiger charge is 2.35. The van der Waals surface area contributed by atoms with Gasteiger partial charge < -0.3 is 20.3 Å². The lowest BCUT2D eigenvalue weighted by Gasteiger charge is -2.33. The number of amides is 3. The molecule has 7 heteroatoms. The van der Waals surface area contributed by atoms with Crippen LogP contribution in [0.5, 0.6) is 0 Å². The highest BCUT2D eigenvalue weighted by atomic mass is 16.6. The number of hydrogen-bond donors (Lipinski definition) is 2. The molecule has 0 saturated carbocycles. The molecule has 7 nitrogen and oxygen atoms in total. The zero-order valence-corrected chi connectivity index (χ0v) is 21.4. The van der Waals surface area contributed by atoms with Gasteiger partial charge in [0.25, 0.3) is 0 Å². The summed E-state index contributed by atoms with van der Waals surface area (Å²) in [6, 6.07) is 5.63. The molecule has 1 rings (SSSR count). The molecule has 0 fully saturated rings. The average molecular weight is 460 g/mol. The highest BCUT2D eigenvalue weighted by Crippen LogP contribution is 2.24. The van der Waals surface area contributed by atoms with Gasteiger partial charge in [-0.3, -0.25) is 9.59 Å². The van der Waals surface area contributed by atoms with Crippen molar-refractivity contribution < 1.29 is 19.1 Å². The van der Waals surface area contributed by atoms with Crippen LogP contribution in [0.25, 0.3) is 6.08 Å². The predicted molar refractivity (Wildman–Crippen MR) is 133 cm³/mol. The Bertz CT molecular complexity index is 829. The van der Waals surface area contributed by atoms with E-state index < -0.39 is 23.8 Å². The first kappa shape index (κ1) is 28.2. The summed E-state index contributed by atoms with van der Waals surface area (Å²) < 4.78 is 5.34. The van der Waals surface area contributed by atoms with E-state index in [2.05, 4.69) is 24.1 Å². The van der Waals surface area contributed by atoms with E-state index in [9.17, 15) is 14.4 Å². The van der Waals surface area contributed by atoms with Crippen LogP contribution in [0.3, 0.4) is 0 Å². The Morgan fingerprint density at radius 2 is 1.79 bits per heavy atom. The normalized spacial score (nSPS) is 14.1. The molecule has 0 aromatic heterocycles. The van der Waals surface area contributed by atoms with Gasteiger partial charge in [-0.15, -0.1) is 0 Å². The molecule has 3 unspecified atom stereocenters. The molecule has 0 bridgehead atoms. The number of benzene rings is 1. The van der Waals surface area contributed by atoms with Crippen molar-refractivity contribution in [3.05, 3.63) is 42.0 Å². The minimum Gasteiger partial charge on any atom is -0.444 e. The first-order chi connectivity index (χ1) is 15.3. The van der Waals surface area contributed by atoms with Gasteiger partial charge in [0.05, 0.1) is 0 Å². The fourth-order valence-corrected chi connectivity index (χ4v) is 3.53. The van der Waals surface area contributed by atoms with Gasteiger partial charge in [-0.1, -0.05) is 58.0 Å². The Hall–Kier alpha value is -2.83. The number of rotatable bonds is 10. The Balaban J connectivity index is 3.28. The third-order valence-electron chi connectivity index (χ3n) is 5.16. The monoisotopic (exact) mass is 459 g/mol. The molecule has 0 heterocycles. The van der Waals surface area contributed by atoms with Gasteiger partial charge in [-0.2, -0.15) is 0 Å². The number of nitrogens with zero attached hydrogens (tertiary/aromatic N) is 1. The van der Waals surface area contributed by atoms with Crippen LogP contribution in [0.2, 0.25) is 0 Å². The molecular weight excluding hydrogens is 418 g/mol. The van der Waals surface area contributed by atoms with Crippen molar-refractivity contribution >= 4 is 24.0 Å². The van der Waals surface area contributed by atoms with Crippen molar-refractivity contribution in [2.75, 3.05) is 7.05 Å². The molecule has 33 heavy (non-hydrogen) atoms. The van der Waals surface area contributed by atoms with E-state index >= 15 is 0 Å². The number of hydrogen-bond acceptors (Lipinski definition) is 4. The molecule has 1 aromatic rings. The van der Waals surface area contributed by atoms with Crippen LogP contribution in [0.15, 0.2) is 30.8 Å². The standard InChI is InChI=1S/C26H41N3O4/c1-10-13-18(5)27-23(30)22(20-15-12-14-19(11-2)16-20)29(9)24(31)21(17(3)4)28-25(32)33-26(6,7)8/h11-12,14-18,21-22H,2,10,13H2,1,3-9H3,(H,27,30)(H,28,32). The van der Waals surface area contributed by atoms with Crippen molar-refractivity contribution in [1.82, 2.24) is 15.5 Å². The molecule has 0 radical (unpaired) electrons. The van der Waals surface area contributed by atoms with Crippen molar-refractivity contribution in [3.8, 4) is 0 Å². The van der Waals surface area contributed by atoms with Crippen molar-refractivity contribution in [1.29, 1.82) is 0 Å². The molecule has 0 aliphatic heterocycles. The lowest BCUT2D eigenvalue weighted by Crippen LogP contribution is -2.54. The second kappa shape index (κ2) is 12.4. The minimum atomic E-state index is -0.863. The fourth-order valence-electron chi connectivity index (χ4n) is 3.53. The van der Waals surface area contributed by atoms with Gasteiger partial charge in [0.15, 0.2) is 0 Å². The largest absolute Gasteiger partial charge is 0.444 e. The Labute approximate surface area is 198 Å². The van der Waals surface area contributed by atoms with Crippen molar-refractivity contribution in [3.63, 3.8) is 0 Å². The van der Waals surface area contributed by atoms with E-state index in [1.54, 1.807) is 33.9 Å². The second-order valence-corrected chi connectivity index (χ2v) is 9.79. The summed E-state index contributed by atoms with van der Waals surface area (Å²) in [6.07, 6.45) is 2.79. The van der Waals surface area contributed by atoms with Crippen molar-refractivity contribution in [2.24, 2.45) is 5.92 Å². The summed E-state index contributed by atoms with van der Waals surface area (Å²) >= 11 is 0. The molecule has 2 N–H and O–H groups in total. The second-order valence-electron chi connectivity index (χ2n) is 9.79. The van der Waals surface area contributed by atoms with E-state index in [0.717, 1.165) is 18.4 Å². The fraction of sp³-hybridized carbons (Fsp3) is 0.577. The van der Waals surface area contributed by atoms with E-state index in [1.807, 2.05) is 45.0 Å². The number of carbonyl (C=O) groups is 3. The summed E-state index contributed by atoms with van der Waals surface area (Å²) in [7, 11) is 1.59. The minimum absolute atomic E-state index is 0.0307. The topological polar surface area (TPSA) is 87.7 Å². The van der Waals surface area contributed by atoms with Gasteiger partial charge in [0, 0.05) is 13.1 Å². The highest BCUT2D eigenvalue weighted by molar-refractivity contribution is 5.92. The number of ether oxygens (including phenoxy) is 1. The number of alkyl carbamates (subject to hydrolysis) is 1. The Morgan fingerprint density at radius 3 is 2.30 bits per heavy atom. The van der Waals surface area contributed by atoms with Gasteiger partial charge in [-0.05, 0) is 57.2 Å². The predicted octanol–water partition coefficient (Wildman–Crippen LogP) is 4.68. The van der Waals surface area contributed by atoms with E-state index in [4.69, 9.17) is 4.74 Å². The lowest BCUT2D eigenvalue weighted by molar-refractivity contribution is -0.141. The third kappa shape index (κ3) is 8.91. The Kier molecular flexibility index (Phi) is 10.6. The molecule has 0 saturated heterocycles. The van der Waals surface area contributed by atoms with Crippen LogP contribution in [0, 0.1) is 5.92 Å². The molecule has 0 aliphatic rings. The van der Waals surface area contributed by atoms with E-state index in [1.165, 1.54) is 4.90 Å². The first-order valence-electron chi connectivity index (χ1n) is 11.6. The van der Waals surface area contributed by atoms with Crippen LogP contribution >= 0.6 is 0 Å². The zero-order chi connectivity index (χ0) is 25.3. The molecule has 1 aromatic carbocycles. The smallest absolute Gasteiger partial charge is 0.408 e. The SMILES string of the molecule is C=Cc1cccc(C(C(=O)NC(C)CCC)N(C)C(=O)C(NC(=O)OC(C)(C)C)C(C)C)c1. The molecular formula is C26H41N3O4. The number of carbonyl (C=O) groups excluding carboxylic acids is 3. The van der Waals surface area contributed by atoms with Gasteiger partial charge in [0.1, 0.15) is 17.7 Å². The molecule has 0 aliphatic carbocycles. The third-order valence-corrected chi connectivity index (χ3v) is 5.16. The summed E-state index contributed by atoms with van der Waals surface area (Å²) in [4.78, 5) is 40.6. The van der Waals surface area contributed by atoms with E-state index in [-0.39, 0.29) is 23.8 Å². The van der Waals surface area contributed by atoms with Crippen LogP contribution < -0.4 is 10.6 Å². The summed E-state index contributed by atoms with van der Waals surface area (Å²) in [5, 5.41) is 5.70. The average Bonchev–Trinajstić information content (AvgIpc) is 2.70. The van der Waals surface area contributed by atoms with Crippen molar-refractivity contribution in [2.45, 2.75) is 85.0 Å². The molecule has 0 spiro atoms. The maximum Gasteiger partial charge on any atom is 0.408 e. The van der Waals surface area contributed by atoms with E-state index in [0.29, 0.717) is 5.56 Å². The number of nitrogens with one attached hydrogen (secondary N) is 2.